The van der Waals surface area contributed by atoms with Crippen LogP contribution in [0.15, 0.2) is 61.1 Å². The number of carboxylic acids is 1. The Morgan fingerprint density at radius 1 is 1.20 bits per heavy atom. The number of aryl methyl sites for hydroxylation is 1. The van der Waals surface area contributed by atoms with Crippen LogP contribution in [0.2, 0.25) is 0 Å². The molecule has 0 radical (unpaired) electrons. The van der Waals surface area contributed by atoms with Gasteiger partial charge >= 0.3 is 5.97 Å². The van der Waals surface area contributed by atoms with Gasteiger partial charge < -0.3 is 20.5 Å². The zero-order valence-electron chi connectivity index (χ0n) is 23.6. The second-order valence-corrected chi connectivity index (χ2v) is 10.9. The lowest BCUT2D eigenvalue weighted by molar-refractivity contribution is -0.143. The molecule has 1 fully saturated rings. The minimum Gasteiger partial charge on any atom is -0.493 e. The van der Waals surface area contributed by atoms with Crippen LogP contribution in [0.4, 0.5) is 5.69 Å². The van der Waals surface area contributed by atoms with Crippen molar-refractivity contribution in [2.24, 2.45) is 11.7 Å². The molecule has 9 nitrogen and oxygen atoms in total. The number of amides is 1. The van der Waals surface area contributed by atoms with E-state index in [0.29, 0.717) is 39.1 Å². The van der Waals surface area contributed by atoms with Crippen LogP contribution >= 0.6 is 0 Å². The van der Waals surface area contributed by atoms with E-state index in [1.165, 1.54) is 6.33 Å². The number of likely N-dealkylation sites (tertiary alicyclic amines) is 1. The number of nitrogens with two attached hydrogens (primary N) is 1. The summed E-state index contributed by atoms with van der Waals surface area (Å²) in [4.78, 5) is 39.1. The Morgan fingerprint density at radius 2 is 2.07 bits per heavy atom. The average molecular weight is 558 g/mol. The number of carbonyl (C=O) groups excluding carboxylic acids is 1. The highest BCUT2D eigenvalue weighted by molar-refractivity contribution is 5.95. The second kappa shape index (κ2) is 13.2. The number of aliphatic carboxylic acids is 1. The van der Waals surface area contributed by atoms with E-state index in [1.54, 1.807) is 6.20 Å². The van der Waals surface area contributed by atoms with Crippen LogP contribution < -0.4 is 15.4 Å². The molecule has 3 N–H and O–H groups in total. The number of aromatic nitrogens is 2. The van der Waals surface area contributed by atoms with Gasteiger partial charge in [0.1, 0.15) is 12.1 Å². The van der Waals surface area contributed by atoms with Gasteiger partial charge in [-0.25, -0.2) is 9.97 Å². The van der Waals surface area contributed by atoms with E-state index in [-0.39, 0.29) is 24.4 Å². The number of benzene rings is 2. The van der Waals surface area contributed by atoms with E-state index >= 15 is 0 Å². The standard InChI is InChI=1S/C32H39N5O4/c1-2-3-14-37(26-6-4-5-22(16-26)18-33)30(38)20-36-19-27(23-7-10-29-24(17-23)12-15-41-29)31(32(39)40)28(36)9-8-25-11-13-34-21-35-25/h4-7,10-11,13,16-17,21,27-28,31H,2-3,8-9,12,14-15,18-20,33H2,1H3,(H,39,40)/t27-,28+,31?/m1/s1. The van der Waals surface area contributed by atoms with Crippen LogP contribution in [0.25, 0.3) is 0 Å². The molecule has 2 aliphatic rings. The highest BCUT2D eigenvalue weighted by atomic mass is 16.5. The summed E-state index contributed by atoms with van der Waals surface area (Å²) in [6.07, 6.45) is 7.03. The first-order valence-electron chi connectivity index (χ1n) is 14.5. The number of carbonyl (C=O) groups is 2. The molecule has 41 heavy (non-hydrogen) atoms. The molecule has 2 aliphatic heterocycles. The lowest BCUT2D eigenvalue weighted by Crippen LogP contribution is -2.44. The molecule has 0 bridgehead atoms. The van der Waals surface area contributed by atoms with E-state index < -0.39 is 11.9 Å². The van der Waals surface area contributed by atoms with Crippen LogP contribution in [-0.4, -0.2) is 64.1 Å². The van der Waals surface area contributed by atoms with Crippen LogP contribution in [0.5, 0.6) is 5.75 Å². The van der Waals surface area contributed by atoms with Crippen molar-refractivity contribution >= 4 is 17.6 Å². The number of ether oxygens (including phenoxy) is 1. The van der Waals surface area contributed by atoms with Crippen molar-refractivity contribution in [2.45, 2.75) is 57.5 Å². The average Bonchev–Trinajstić information content (AvgIpc) is 3.61. The minimum absolute atomic E-state index is 0.0354. The SMILES string of the molecule is CCCCN(C(=O)CN1C[C@H](c2ccc3c(c2)CCO3)C(C(=O)O)[C@@H]1CCc1ccncn1)c1cccc(CN)c1. The van der Waals surface area contributed by atoms with Gasteiger partial charge in [-0.1, -0.05) is 37.6 Å². The fourth-order valence-electron chi connectivity index (χ4n) is 6.21. The summed E-state index contributed by atoms with van der Waals surface area (Å²) in [5, 5.41) is 10.5. The molecule has 0 saturated carbocycles. The Balaban J connectivity index is 1.44. The lowest BCUT2D eigenvalue weighted by atomic mass is 9.83. The fourth-order valence-corrected chi connectivity index (χ4v) is 6.21. The van der Waals surface area contributed by atoms with Crippen molar-refractivity contribution in [3.63, 3.8) is 0 Å². The van der Waals surface area contributed by atoms with Gasteiger partial charge in [-0.2, -0.15) is 0 Å². The summed E-state index contributed by atoms with van der Waals surface area (Å²) in [6.45, 7) is 4.37. The molecular weight excluding hydrogens is 518 g/mol. The molecule has 2 aromatic carbocycles. The van der Waals surface area contributed by atoms with Crippen LogP contribution in [0, 0.1) is 5.92 Å². The lowest BCUT2D eigenvalue weighted by Gasteiger charge is -2.30. The van der Waals surface area contributed by atoms with E-state index in [9.17, 15) is 14.7 Å². The molecule has 3 aromatic rings. The topological polar surface area (TPSA) is 122 Å². The summed E-state index contributed by atoms with van der Waals surface area (Å²) >= 11 is 0. The van der Waals surface area contributed by atoms with Gasteiger partial charge in [-0.3, -0.25) is 14.5 Å². The van der Waals surface area contributed by atoms with Crippen molar-refractivity contribution < 1.29 is 19.4 Å². The maximum absolute atomic E-state index is 14.0. The van der Waals surface area contributed by atoms with E-state index in [0.717, 1.165) is 53.1 Å². The zero-order chi connectivity index (χ0) is 28.8. The first kappa shape index (κ1) is 28.7. The third-order valence-corrected chi connectivity index (χ3v) is 8.35. The van der Waals surface area contributed by atoms with Crippen molar-refractivity contribution in [3.8, 4) is 5.75 Å². The quantitative estimate of drug-likeness (QED) is 0.345. The first-order valence-corrected chi connectivity index (χ1v) is 14.5. The Hall–Kier alpha value is -3.82. The molecule has 1 amide bonds. The molecule has 1 saturated heterocycles. The van der Waals surface area contributed by atoms with Gasteiger partial charge in [-0.15, -0.1) is 0 Å². The summed E-state index contributed by atoms with van der Waals surface area (Å²) in [6, 6.07) is 15.4. The Kier molecular flexibility index (Phi) is 9.26. The van der Waals surface area contributed by atoms with Crippen LogP contribution in [-0.2, 0) is 29.0 Å². The predicted octanol–water partition coefficient (Wildman–Crippen LogP) is 3.80. The second-order valence-electron chi connectivity index (χ2n) is 10.9. The Bertz CT molecular complexity index is 1350. The zero-order valence-corrected chi connectivity index (χ0v) is 23.6. The number of hydrogen-bond donors (Lipinski definition) is 2. The number of rotatable bonds is 12. The van der Waals surface area contributed by atoms with E-state index in [2.05, 4.69) is 27.9 Å². The molecule has 9 heteroatoms. The van der Waals surface area contributed by atoms with Gasteiger partial charge in [0.05, 0.1) is 19.1 Å². The van der Waals surface area contributed by atoms with Gasteiger partial charge in [0, 0.05) is 55.6 Å². The molecule has 0 aliphatic carbocycles. The number of carboxylic acid groups (broad SMARTS) is 1. The summed E-state index contributed by atoms with van der Waals surface area (Å²) in [5.41, 5.74) is 10.6. The number of nitrogens with zero attached hydrogens (tertiary/aromatic N) is 4. The third kappa shape index (κ3) is 6.57. The van der Waals surface area contributed by atoms with Crippen molar-refractivity contribution in [3.05, 3.63) is 83.4 Å². The maximum atomic E-state index is 14.0. The summed E-state index contributed by atoms with van der Waals surface area (Å²) < 4.78 is 5.69. The van der Waals surface area contributed by atoms with Crippen molar-refractivity contribution in [1.29, 1.82) is 0 Å². The van der Waals surface area contributed by atoms with Gasteiger partial charge in [-0.05, 0) is 60.2 Å². The van der Waals surface area contributed by atoms with E-state index in [1.807, 2.05) is 47.4 Å². The van der Waals surface area contributed by atoms with Crippen molar-refractivity contribution in [2.75, 3.05) is 31.1 Å². The Labute approximate surface area is 241 Å². The maximum Gasteiger partial charge on any atom is 0.308 e. The molecule has 216 valence electrons. The number of hydrogen-bond acceptors (Lipinski definition) is 7. The number of unbranched alkanes of at least 4 members (excludes halogenated alkanes) is 1. The predicted molar refractivity (Wildman–Crippen MR) is 157 cm³/mol. The largest absolute Gasteiger partial charge is 0.493 e. The first-order chi connectivity index (χ1) is 20.0. The minimum atomic E-state index is -0.840. The van der Waals surface area contributed by atoms with Gasteiger partial charge in [0.15, 0.2) is 0 Å². The highest BCUT2D eigenvalue weighted by Crippen LogP contribution is 2.41. The molecular formula is C32H39N5O4. The smallest absolute Gasteiger partial charge is 0.308 e. The molecule has 5 rings (SSSR count). The summed E-state index contributed by atoms with van der Waals surface area (Å²) in [5.74, 6) is -0.905. The normalized spacial score (nSPS) is 20.0. The van der Waals surface area contributed by atoms with Gasteiger partial charge in [0.25, 0.3) is 0 Å². The molecule has 0 spiro atoms. The molecule has 1 unspecified atom stereocenters. The van der Waals surface area contributed by atoms with Crippen LogP contribution in [0.1, 0.15) is 54.5 Å². The number of fused-ring (bicyclic) bond motifs is 1. The van der Waals surface area contributed by atoms with Crippen molar-refractivity contribution in [1.82, 2.24) is 14.9 Å². The van der Waals surface area contributed by atoms with Gasteiger partial charge in [0.2, 0.25) is 5.91 Å². The Morgan fingerprint density at radius 3 is 2.83 bits per heavy atom. The summed E-state index contributed by atoms with van der Waals surface area (Å²) in [7, 11) is 0. The number of anilines is 1. The van der Waals surface area contributed by atoms with E-state index in [4.69, 9.17) is 10.5 Å². The monoisotopic (exact) mass is 557 g/mol. The fraction of sp³-hybridized carbons (Fsp3) is 0.438. The third-order valence-electron chi connectivity index (χ3n) is 8.35. The van der Waals surface area contributed by atoms with Crippen LogP contribution in [0.3, 0.4) is 0 Å². The molecule has 3 heterocycles. The molecule has 1 aromatic heterocycles. The molecule has 3 atom stereocenters. The highest BCUT2D eigenvalue weighted by Gasteiger charge is 2.47.